The van der Waals surface area contributed by atoms with Crippen LogP contribution in [0.25, 0.3) is 0 Å². The number of hydrogen-bond acceptors (Lipinski definition) is 7. The maximum atomic E-state index is 12.4. The first kappa shape index (κ1) is 18.6. The molecule has 2 heterocycles. The monoisotopic (exact) mass is 394 g/mol. The zero-order chi connectivity index (χ0) is 19.1. The van der Waals surface area contributed by atoms with Gasteiger partial charge in [0.05, 0.1) is 12.6 Å². The molecule has 13 nitrogen and oxygen atoms in total. The van der Waals surface area contributed by atoms with Crippen LogP contribution < -0.4 is 10.8 Å². The normalized spacial score (nSPS) is 26.1. The van der Waals surface area contributed by atoms with Gasteiger partial charge >= 0.3 is 22.5 Å². The van der Waals surface area contributed by atoms with Crippen molar-refractivity contribution in [2.24, 2.45) is 5.41 Å². The fourth-order valence-electron chi connectivity index (χ4n) is 3.45. The van der Waals surface area contributed by atoms with E-state index in [1.807, 2.05) is 0 Å². The molecule has 3 aliphatic rings. The number of hydrogen-bond donors (Lipinski definition) is 4. The number of fused-ring (bicyclic) bond motifs is 3. The van der Waals surface area contributed by atoms with E-state index in [0.29, 0.717) is 24.3 Å². The molecule has 0 aromatic heterocycles. The van der Waals surface area contributed by atoms with Crippen LogP contribution in [0.1, 0.15) is 19.3 Å². The topological polar surface area (TPSA) is 175 Å². The predicted octanol–water partition coefficient (Wildman–Crippen LogP) is -1.31. The molecule has 0 aromatic rings. The van der Waals surface area contributed by atoms with E-state index >= 15 is 0 Å². The lowest BCUT2D eigenvalue weighted by molar-refractivity contribution is -0.139. The highest BCUT2D eigenvalue weighted by molar-refractivity contribution is 7.80. The van der Waals surface area contributed by atoms with Gasteiger partial charge in [-0.25, -0.2) is 15.1 Å². The van der Waals surface area contributed by atoms with Crippen LogP contribution in [0.3, 0.4) is 0 Å². The third kappa shape index (κ3) is 3.67. The summed E-state index contributed by atoms with van der Waals surface area (Å²) in [7, 11) is -4.87. The predicted molar refractivity (Wildman–Crippen MR) is 80.6 cm³/mol. The molecule has 1 spiro atoms. The van der Waals surface area contributed by atoms with E-state index in [-0.39, 0.29) is 19.7 Å². The molecule has 2 atom stereocenters. The van der Waals surface area contributed by atoms with Crippen LogP contribution in [-0.2, 0) is 24.3 Å². The summed E-state index contributed by atoms with van der Waals surface area (Å²) in [5, 5.41) is 11.1. The summed E-state index contributed by atoms with van der Waals surface area (Å²) >= 11 is 0. The van der Waals surface area contributed by atoms with Gasteiger partial charge < -0.3 is 15.3 Å². The molecule has 0 radical (unpaired) electrons. The van der Waals surface area contributed by atoms with Gasteiger partial charge in [0.25, 0.3) is 5.91 Å². The second-order valence-electron chi connectivity index (χ2n) is 6.41. The molecule has 1 saturated carbocycles. The molecule has 2 aliphatic heterocycles. The van der Waals surface area contributed by atoms with Gasteiger partial charge in [0, 0.05) is 13.1 Å². The van der Waals surface area contributed by atoms with Crippen LogP contribution in [-0.4, -0.2) is 77.9 Å². The highest BCUT2D eigenvalue weighted by Gasteiger charge is 2.65. The van der Waals surface area contributed by atoms with Gasteiger partial charge in [-0.2, -0.15) is 13.5 Å². The van der Waals surface area contributed by atoms with Gasteiger partial charge in [-0.3, -0.25) is 14.2 Å². The Bertz CT molecular complexity index is 722. The summed E-state index contributed by atoms with van der Waals surface area (Å²) in [5.74, 6) is -0.605. The van der Waals surface area contributed by atoms with E-state index in [2.05, 4.69) is 15.1 Å². The summed E-state index contributed by atoms with van der Waals surface area (Å²) in [5.41, 5.74) is 1.72. The van der Waals surface area contributed by atoms with Crippen molar-refractivity contribution < 1.29 is 41.6 Å². The molecule has 146 valence electrons. The highest BCUT2D eigenvalue weighted by atomic mass is 32.3. The molecule has 26 heavy (non-hydrogen) atoms. The molecule has 3 rings (SSSR count). The Balaban J connectivity index is 1.63. The fourth-order valence-corrected chi connectivity index (χ4v) is 3.82. The van der Waals surface area contributed by atoms with Crippen LogP contribution >= 0.6 is 0 Å². The molecule has 4 amide bonds. The zero-order valence-corrected chi connectivity index (χ0v) is 14.3. The van der Waals surface area contributed by atoms with Crippen molar-refractivity contribution in [2.45, 2.75) is 31.3 Å². The second kappa shape index (κ2) is 6.53. The van der Waals surface area contributed by atoms with Crippen molar-refractivity contribution >= 4 is 28.4 Å². The molecular formula is C12H18N4O9S. The molecule has 2 bridgehead atoms. The number of urea groups is 1. The molecule has 0 aromatic carbocycles. The minimum absolute atomic E-state index is 0.0368. The molecule has 2 saturated heterocycles. The third-order valence-electron chi connectivity index (χ3n) is 4.79. The van der Waals surface area contributed by atoms with Crippen molar-refractivity contribution in [3.63, 3.8) is 0 Å². The maximum Gasteiger partial charge on any atom is 0.418 e. The van der Waals surface area contributed by atoms with Gasteiger partial charge in [0.1, 0.15) is 6.04 Å². The van der Waals surface area contributed by atoms with Crippen molar-refractivity contribution in [3.05, 3.63) is 0 Å². The van der Waals surface area contributed by atoms with Crippen LogP contribution in [0.2, 0.25) is 0 Å². The van der Waals surface area contributed by atoms with Gasteiger partial charge in [-0.1, -0.05) is 0 Å². The Kier molecular flexibility index (Phi) is 4.68. The largest absolute Gasteiger partial charge is 0.465 e. The van der Waals surface area contributed by atoms with Crippen molar-refractivity contribution in [1.82, 2.24) is 20.8 Å². The summed E-state index contributed by atoms with van der Waals surface area (Å²) in [6.45, 7) is -0.0532. The van der Waals surface area contributed by atoms with Gasteiger partial charge in [0.2, 0.25) is 0 Å². The maximum absolute atomic E-state index is 12.4. The van der Waals surface area contributed by atoms with Crippen molar-refractivity contribution in [3.8, 4) is 0 Å². The van der Waals surface area contributed by atoms with E-state index in [4.69, 9.17) is 14.5 Å². The summed E-state index contributed by atoms with van der Waals surface area (Å²) in [6.07, 6.45) is 0.460. The standard InChI is InChI=1S/C12H18N4O9S/c17-9(14-24-4-3-13-10(18)19)7-5-12(1-2-12)8-6-15(7)11(20)16(8)25-26(21,22)23/h7-8,13H,1-6H2,(H,14,17)(H,18,19)(H,21,22,23)/t7-,8-/m0/s1. The number of piperidine rings is 1. The molecule has 4 N–H and O–H groups in total. The van der Waals surface area contributed by atoms with E-state index in [1.165, 1.54) is 0 Å². The van der Waals surface area contributed by atoms with E-state index < -0.39 is 45.9 Å². The number of amides is 4. The van der Waals surface area contributed by atoms with Gasteiger partial charge in [0.15, 0.2) is 0 Å². The minimum atomic E-state index is -4.87. The van der Waals surface area contributed by atoms with Crippen LogP contribution in [0.15, 0.2) is 0 Å². The number of carbonyl (C=O) groups is 3. The Labute approximate surface area is 148 Å². The number of hydroxylamine groups is 3. The number of carbonyl (C=O) groups excluding carboxylic acids is 2. The third-order valence-corrected chi connectivity index (χ3v) is 5.14. The van der Waals surface area contributed by atoms with Crippen LogP contribution in [0.5, 0.6) is 0 Å². The minimum Gasteiger partial charge on any atom is -0.465 e. The molecule has 3 fully saturated rings. The smallest absolute Gasteiger partial charge is 0.418 e. The zero-order valence-electron chi connectivity index (χ0n) is 13.5. The molecular weight excluding hydrogens is 376 g/mol. The fraction of sp³-hybridized carbons (Fsp3) is 0.750. The van der Waals surface area contributed by atoms with Crippen molar-refractivity contribution in [1.29, 1.82) is 0 Å². The Hall–Kier alpha value is -2.16. The number of nitrogens with zero attached hydrogens (tertiary/aromatic N) is 2. The average molecular weight is 394 g/mol. The average Bonchev–Trinajstić information content (AvgIpc) is 3.24. The quantitative estimate of drug-likeness (QED) is 0.232. The SMILES string of the molecule is O=C(O)NCCONC(=O)[C@@H]1CC2(CC2)[C@@H]2CN1C(=O)N2OS(=O)(=O)O. The number of nitrogens with one attached hydrogen (secondary N) is 2. The Morgan fingerprint density at radius 3 is 2.62 bits per heavy atom. The number of carboxylic acid groups (broad SMARTS) is 1. The Morgan fingerprint density at radius 1 is 1.35 bits per heavy atom. The first-order valence-corrected chi connectivity index (χ1v) is 9.15. The van der Waals surface area contributed by atoms with E-state index in [1.54, 1.807) is 0 Å². The van der Waals surface area contributed by atoms with Crippen LogP contribution in [0.4, 0.5) is 9.59 Å². The summed E-state index contributed by atoms with van der Waals surface area (Å²) in [6, 6.07) is -2.28. The van der Waals surface area contributed by atoms with Gasteiger partial charge in [-0.15, -0.1) is 4.28 Å². The molecule has 0 unspecified atom stereocenters. The van der Waals surface area contributed by atoms with E-state index in [9.17, 15) is 22.8 Å². The first-order chi connectivity index (χ1) is 12.1. The lowest BCUT2D eigenvalue weighted by Crippen LogP contribution is -2.52. The lowest BCUT2D eigenvalue weighted by atomic mass is 9.85. The molecule has 1 aliphatic carbocycles. The second-order valence-corrected chi connectivity index (χ2v) is 7.41. The van der Waals surface area contributed by atoms with Crippen LogP contribution in [0, 0.1) is 5.41 Å². The molecule has 14 heteroatoms. The van der Waals surface area contributed by atoms with Crippen molar-refractivity contribution in [2.75, 3.05) is 19.7 Å². The van der Waals surface area contributed by atoms with E-state index in [0.717, 1.165) is 4.90 Å². The first-order valence-electron chi connectivity index (χ1n) is 7.78. The number of rotatable bonds is 7. The lowest BCUT2D eigenvalue weighted by Gasteiger charge is -2.35. The summed E-state index contributed by atoms with van der Waals surface area (Å²) in [4.78, 5) is 41.1. The highest BCUT2D eigenvalue weighted by Crippen LogP contribution is 2.59. The Morgan fingerprint density at radius 2 is 2.04 bits per heavy atom. The van der Waals surface area contributed by atoms with Gasteiger partial charge in [-0.05, 0) is 24.7 Å². The summed E-state index contributed by atoms with van der Waals surface area (Å²) < 4.78 is 35.3.